The van der Waals surface area contributed by atoms with Gasteiger partial charge in [0.05, 0.1) is 5.69 Å². The largest absolute Gasteiger partial charge is 0.354 e. The minimum Gasteiger partial charge on any atom is -0.354 e. The molecule has 0 amide bonds. The maximum Gasteiger partial charge on any atom is 0.151 e. The van der Waals surface area contributed by atoms with Crippen molar-refractivity contribution < 1.29 is 0 Å². The predicted molar refractivity (Wildman–Crippen MR) is 82.9 cm³/mol. The molecule has 2 heterocycles. The number of anilines is 1. The molecule has 2 N–H and O–H groups in total. The van der Waals surface area contributed by atoms with E-state index in [1.165, 1.54) is 12.8 Å². The molecule has 1 unspecified atom stereocenters. The molecule has 2 rings (SSSR count). The average Bonchev–Trinajstić information content (AvgIpc) is 2.71. The van der Waals surface area contributed by atoms with Crippen molar-refractivity contribution in [3.63, 3.8) is 0 Å². The predicted octanol–water partition coefficient (Wildman–Crippen LogP) is 1.42. The Kier molecular flexibility index (Phi) is 5.73. The van der Waals surface area contributed by atoms with E-state index in [0.29, 0.717) is 6.04 Å². The summed E-state index contributed by atoms with van der Waals surface area (Å²) in [6.07, 6.45) is 3.46. The summed E-state index contributed by atoms with van der Waals surface area (Å²) in [6.45, 7) is 9.35. The van der Waals surface area contributed by atoms with Crippen LogP contribution in [0, 0.1) is 6.92 Å². The van der Waals surface area contributed by atoms with Crippen molar-refractivity contribution in [1.29, 1.82) is 0 Å². The molecule has 0 radical (unpaired) electrons. The summed E-state index contributed by atoms with van der Waals surface area (Å²) >= 11 is 0. The Balaban J connectivity index is 1.96. The highest BCUT2D eigenvalue weighted by molar-refractivity contribution is 5.37. The number of hydrogen-bond donors (Lipinski definition) is 1. The summed E-state index contributed by atoms with van der Waals surface area (Å²) in [5.41, 5.74) is 6.70. The number of rotatable bonds is 5. The Morgan fingerprint density at radius 1 is 1.20 bits per heavy atom. The first-order valence-corrected chi connectivity index (χ1v) is 7.74. The van der Waals surface area contributed by atoms with Crippen molar-refractivity contribution in [2.24, 2.45) is 5.73 Å². The van der Waals surface area contributed by atoms with Crippen LogP contribution in [0.3, 0.4) is 0 Å². The topological polar surface area (TPSA) is 58.3 Å². The van der Waals surface area contributed by atoms with Gasteiger partial charge in [-0.25, -0.2) is 0 Å². The van der Waals surface area contributed by atoms with Gasteiger partial charge in [0.25, 0.3) is 0 Å². The molecular weight excluding hydrogens is 250 g/mol. The van der Waals surface area contributed by atoms with Crippen LogP contribution in [0.2, 0.25) is 0 Å². The second-order valence-corrected chi connectivity index (χ2v) is 5.55. The lowest BCUT2D eigenvalue weighted by atomic mass is 10.1. The molecule has 1 aliphatic rings. The molecule has 0 bridgehead atoms. The first-order chi connectivity index (χ1) is 9.74. The first-order valence-electron chi connectivity index (χ1n) is 7.74. The number of nitrogens with two attached hydrogens (primary N) is 1. The molecule has 0 aliphatic carbocycles. The van der Waals surface area contributed by atoms with E-state index in [1.54, 1.807) is 0 Å². The number of nitrogens with zero attached hydrogens (tertiary/aromatic N) is 4. The molecule has 5 heteroatoms. The van der Waals surface area contributed by atoms with Gasteiger partial charge in [0.1, 0.15) is 0 Å². The van der Waals surface area contributed by atoms with Crippen molar-refractivity contribution in [1.82, 2.24) is 15.1 Å². The molecule has 1 aliphatic heterocycles. The molecule has 0 aromatic carbocycles. The summed E-state index contributed by atoms with van der Waals surface area (Å²) < 4.78 is 0. The lowest BCUT2D eigenvalue weighted by Crippen LogP contribution is -2.39. The third-order valence-corrected chi connectivity index (χ3v) is 4.13. The number of aromatic nitrogens is 2. The summed E-state index contributed by atoms with van der Waals surface area (Å²) in [4.78, 5) is 4.94. The number of hydrogen-bond acceptors (Lipinski definition) is 5. The van der Waals surface area contributed by atoms with Gasteiger partial charge in [-0.1, -0.05) is 6.92 Å². The summed E-state index contributed by atoms with van der Waals surface area (Å²) in [6, 6.07) is 4.74. The van der Waals surface area contributed by atoms with Crippen LogP contribution in [0.1, 0.15) is 31.9 Å². The van der Waals surface area contributed by atoms with E-state index in [2.05, 4.69) is 33.0 Å². The van der Waals surface area contributed by atoms with Gasteiger partial charge < -0.3 is 10.6 Å². The van der Waals surface area contributed by atoms with Crippen LogP contribution in [0.4, 0.5) is 5.82 Å². The van der Waals surface area contributed by atoms with E-state index in [9.17, 15) is 0 Å². The van der Waals surface area contributed by atoms with Crippen LogP contribution in [-0.2, 0) is 0 Å². The van der Waals surface area contributed by atoms with Crippen LogP contribution < -0.4 is 10.6 Å². The molecule has 1 atom stereocenters. The van der Waals surface area contributed by atoms with Crippen LogP contribution in [-0.4, -0.2) is 53.9 Å². The standard InChI is InChI=1S/C15H27N5/c1-3-14(7-8-16)19-9-4-10-20(12-11-19)15-6-5-13(2)17-18-15/h5-6,14H,3-4,7-12,16H2,1-2H3. The van der Waals surface area contributed by atoms with Crippen LogP contribution in [0.15, 0.2) is 12.1 Å². The minimum absolute atomic E-state index is 0.629. The smallest absolute Gasteiger partial charge is 0.151 e. The summed E-state index contributed by atoms with van der Waals surface area (Å²) in [7, 11) is 0. The van der Waals surface area contributed by atoms with Gasteiger partial charge in [0, 0.05) is 32.2 Å². The fourth-order valence-corrected chi connectivity index (χ4v) is 2.93. The molecule has 0 saturated carbocycles. The number of aryl methyl sites for hydroxylation is 1. The van der Waals surface area contributed by atoms with Gasteiger partial charge in [-0.3, -0.25) is 4.90 Å². The Hall–Kier alpha value is -1.20. The Bertz CT molecular complexity index is 392. The average molecular weight is 277 g/mol. The van der Waals surface area contributed by atoms with Crippen LogP contribution in [0.5, 0.6) is 0 Å². The van der Waals surface area contributed by atoms with Crippen molar-refractivity contribution in [2.45, 2.75) is 39.2 Å². The molecular formula is C15H27N5. The monoisotopic (exact) mass is 277 g/mol. The Morgan fingerprint density at radius 2 is 2.05 bits per heavy atom. The zero-order chi connectivity index (χ0) is 14.4. The first kappa shape index (κ1) is 15.2. The Morgan fingerprint density at radius 3 is 2.70 bits per heavy atom. The van der Waals surface area contributed by atoms with Gasteiger partial charge in [-0.2, -0.15) is 5.10 Å². The summed E-state index contributed by atoms with van der Waals surface area (Å²) in [5.74, 6) is 1.00. The molecule has 1 aromatic heterocycles. The molecule has 1 fully saturated rings. The quantitative estimate of drug-likeness (QED) is 0.882. The normalized spacial score (nSPS) is 18.9. The minimum atomic E-state index is 0.629. The van der Waals surface area contributed by atoms with E-state index in [4.69, 9.17) is 5.73 Å². The SMILES string of the molecule is CCC(CCN)N1CCCN(c2ccc(C)nn2)CC1. The van der Waals surface area contributed by atoms with Crippen LogP contribution in [0.25, 0.3) is 0 Å². The van der Waals surface area contributed by atoms with Gasteiger partial charge in [-0.05, 0) is 44.9 Å². The van der Waals surface area contributed by atoms with Crippen molar-refractivity contribution >= 4 is 5.82 Å². The maximum absolute atomic E-state index is 5.73. The molecule has 5 nitrogen and oxygen atoms in total. The van der Waals surface area contributed by atoms with Gasteiger partial charge in [0.2, 0.25) is 0 Å². The highest BCUT2D eigenvalue weighted by Crippen LogP contribution is 2.16. The highest BCUT2D eigenvalue weighted by Gasteiger charge is 2.21. The zero-order valence-corrected chi connectivity index (χ0v) is 12.8. The van der Waals surface area contributed by atoms with E-state index in [1.807, 2.05) is 13.0 Å². The van der Waals surface area contributed by atoms with E-state index >= 15 is 0 Å². The third-order valence-electron chi connectivity index (χ3n) is 4.13. The van der Waals surface area contributed by atoms with Crippen molar-refractivity contribution in [3.8, 4) is 0 Å². The van der Waals surface area contributed by atoms with E-state index < -0.39 is 0 Å². The lowest BCUT2D eigenvalue weighted by Gasteiger charge is -2.29. The maximum atomic E-state index is 5.73. The molecule has 1 aromatic rings. The fourth-order valence-electron chi connectivity index (χ4n) is 2.93. The fraction of sp³-hybridized carbons (Fsp3) is 0.733. The van der Waals surface area contributed by atoms with Crippen LogP contribution >= 0.6 is 0 Å². The Labute approximate surface area is 122 Å². The molecule has 20 heavy (non-hydrogen) atoms. The highest BCUT2D eigenvalue weighted by atomic mass is 15.3. The van der Waals surface area contributed by atoms with Gasteiger partial charge in [0.15, 0.2) is 5.82 Å². The van der Waals surface area contributed by atoms with Crippen molar-refractivity contribution in [2.75, 3.05) is 37.6 Å². The second kappa shape index (κ2) is 7.55. The molecule has 0 spiro atoms. The van der Waals surface area contributed by atoms with E-state index in [-0.39, 0.29) is 0 Å². The third kappa shape index (κ3) is 3.90. The van der Waals surface area contributed by atoms with E-state index in [0.717, 1.165) is 50.7 Å². The molecule has 112 valence electrons. The zero-order valence-electron chi connectivity index (χ0n) is 12.8. The lowest BCUT2D eigenvalue weighted by molar-refractivity contribution is 0.196. The van der Waals surface area contributed by atoms with Gasteiger partial charge >= 0.3 is 0 Å². The second-order valence-electron chi connectivity index (χ2n) is 5.55. The molecule has 1 saturated heterocycles. The van der Waals surface area contributed by atoms with Gasteiger partial charge in [-0.15, -0.1) is 5.10 Å². The summed E-state index contributed by atoms with van der Waals surface area (Å²) in [5, 5.41) is 8.47. The van der Waals surface area contributed by atoms with Crippen molar-refractivity contribution in [3.05, 3.63) is 17.8 Å².